The standard InChI is InChI=1S/C27H27NO4S/c1-4-11-22-17-21(18-23(31-6-3)25(22)32-16-5-2)19-24-26(29)28(27(30)33-24)15-10-14-20-12-8-7-9-13-20/h2,4,7-9,12-13,17-19H,1,6,10-11,14-16H2,3H3/b24-19+. The van der Waals surface area contributed by atoms with Crippen molar-refractivity contribution in [3.63, 3.8) is 0 Å². The third-order valence-corrected chi connectivity index (χ3v) is 5.89. The smallest absolute Gasteiger partial charge is 0.293 e. The molecule has 0 atom stereocenters. The molecular weight excluding hydrogens is 434 g/mol. The van der Waals surface area contributed by atoms with Crippen LogP contribution in [0.4, 0.5) is 4.79 Å². The summed E-state index contributed by atoms with van der Waals surface area (Å²) in [5, 5.41) is -0.246. The highest BCUT2D eigenvalue weighted by Crippen LogP contribution is 2.37. The van der Waals surface area contributed by atoms with Gasteiger partial charge < -0.3 is 9.47 Å². The molecule has 0 bridgehead atoms. The third kappa shape index (κ3) is 6.30. The maximum absolute atomic E-state index is 12.9. The average Bonchev–Trinajstić information content (AvgIpc) is 3.07. The molecule has 1 heterocycles. The van der Waals surface area contributed by atoms with Gasteiger partial charge >= 0.3 is 0 Å². The van der Waals surface area contributed by atoms with Crippen molar-refractivity contribution < 1.29 is 19.1 Å². The minimum atomic E-state index is -0.269. The van der Waals surface area contributed by atoms with Crippen LogP contribution in [0.3, 0.4) is 0 Å². The Morgan fingerprint density at radius 2 is 1.97 bits per heavy atom. The Morgan fingerprint density at radius 3 is 2.67 bits per heavy atom. The van der Waals surface area contributed by atoms with E-state index in [0.29, 0.717) is 42.4 Å². The number of rotatable bonds is 11. The van der Waals surface area contributed by atoms with Crippen molar-refractivity contribution in [3.8, 4) is 23.8 Å². The Labute approximate surface area is 199 Å². The van der Waals surface area contributed by atoms with Crippen LogP contribution in [0, 0.1) is 12.3 Å². The largest absolute Gasteiger partial charge is 0.490 e. The number of aryl methyl sites for hydroxylation is 1. The predicted molar refractivity (Wildman–Crippen MR) is 133 cm³/mol. The van der Waals surface area contributed by atoms with Crippen molar-refractivity contribution in [2.24, 2.45) is 0 Å². The van der Waals surface area contributed by atoms with E-state index in [2.05, 4.69) is 12.5 Å². The molecule has 6 heteroatoms. The first-order valence-corrected chi connectivity index (χ1v) is 11.6. The number of carbonyl (C=O) groups excluding carboxylic acids is 2. The summed E-state index contributed by atoms with van der Waals surface area (Å²) < 4.78 is 11.5. The molecule has 0 spiro atoms. The van der Waals surface area contributed by atoms with Crippen molar-refractivity contribution >= 4 is 29.0 Å². The van der Waals surface area contributed by atoms with Gasteiger partial charge in [0.15, 0.2) is 11.5 Å². The molecule has 0 aliphatic carbocycles. The third-order valence-electron chi connectivity index (χ3n) is 4.98. The maximum Gasteiger partial charge on any atom is 0.293 e. The number of amides is 2. The van der Waals surface area contributed by atoms with Gasteiger partial charge in [0.2, 0.25) is 0 Å². The van der Waals surface area contributed by atoms with Gasteiger partial charge in [0, 0.05) is 12.1 Å². The fourth-order valence-electron chi connectivity index (χ4n) is 3.54. The second-order valence-electron chi connectivity index (χ2n) is 7.35. The predicted octanol–water partition coefficient (Wildman–Crippen LogP) is 5.49. The lowest BCUT2D eigenvalue weighted by Gasteiger charge is -2.15. The summed E-state index contributed by atoms with van der Waals surface area (Å²) in [6.07, 6.45) is 10.9. The summed E-state index contributed by atoms with van der Waals surface area (Å²) in [5.74, 6) is 3.31. The van der Waals surface area contributed by atoms with Crippen LogP contribution >= 0.6 is 11.8 Å². The van der Waals surface area contributed by atoms with Gasteiger partial charge in [0.05, 0.1) is 11.5 Å². The van der Waals surface area contributed by atoms with E-state index in [1.807, 2.05) is 43.3 Å². The number of hydrogen-bond acceptors (Lipinski definition) is 5. The Hall–Kier alpha value is -3.43. The zero-order chi connectivity index (χ0) is 23.6. The number of hydrogen-bond donors (Lipinski definition) is 0. The lowest BCUT2D eigenvalue weighted by molar-refractivity contribution is -0.122. The van der Waals surface area contributed by atoms with Gasteiger partial charge in [0.1, 0.15) is 6.61 Å². The highest BCUT2D eigenvalue weighted by Gasteiger charge is 2.34. The molecule has 0 N–H and O–H groups in total. The van der Waals surface area contributed by atoms with Gasteiger partial charge in [-0.3, -0.25) is 14.5 Å². The highest BCUT2D eigenvalue weighted by molar-refractivity contribution is 8.18. The number of thioether (sulfide) groups is 1. The van der Waals surface area contributed by atoms with Gasteiger partial charge in [-0.15, -0.1) is 13.0 Å². The molecule has 0 saturated carbocycles. The van der Waals surface area contributed by atoms with E-state index < -0.39 is 0 Å². The molecule has 33 heavy (non-hydrogen) atoms. The number of benzene rings is 2. The minimum Gasteiger partial charge on any atom is -0.490 e. The lowest BCUT2D eigenvalue weighted by atomic mass is 10.0. The number of allylic oxidation sites excluding steroid dienone is 1. The summed E-state index contributed by atoms with van der Waals surface area (Å²) in [6.45, 7) is 6.64. The van der Waals surface area contributed by atoms with Crippen molar-refractivity contribution in [1.82, 2.24) is 4.90 Å². The number of nitrogens with zero attached hydrogens (tertiary/aromatic N) is 1. The second kappa shape index (κ2) is 12.0. The Bertz CT molecular complexity index is 1090. The van der Waals surface area contributed by atoms with E-state index in [9.17, 15) is 9.59 Å². The topological polar surface area (TPSA) is 55.8 Å². The maximum atomic E-state index is 12.9. The molecule has 2 aromatic carbocycles. The summed E-state index contributed by atoms with van der Waals surface area (Å²) in [4.78, 5) is 27.1. The number of terminal acetylenes is 1. The lowest BCUT2D eigenvalue weighted by Crippen LogP contribution is -2.29. The van der Waals surface area contributed by atoms with E-state index in [0.717, 1.165) is 29.3 Å². The number of ether oxygens (including phenoxy) is 2. The summed E-state index contributed by atoms with van der Waals surface area (Å²) in [5.41, 5.74) is 2.78. The molecule has 1 aliphatic rings. The highest BCUT2D eigenvalue weighted by atomic mass is 32.2. The fourth-order valence-corrected chi connectivity index (χ4v) is 4.41. The molecule has 0 unspecified atom stereocenters. The van der Waals surface area contributed by atoms with Crippen molar-refractivity contribution in [3.05, 3.63) is 76.7 Å². The van der Waals surface area contributed by atoms with Gasteiger partial charge in [0.25, 0.3) is 11.1 Å². The van der Waals surface area contributed by atoms with Crippen LogP contribution in [0.5, 0.6) is 11.5 Å². The van der Waals surface area contributed by atoms with Crippen LogP contribution in [-0.4, -0.2) is 35.8 Å². The van der Waals surface area contributed by atoms with Crippen LogP contribution < -0.4 is 9.47 Å². The van der Waals surface area contributed by atoms with E-state index >= 15 is 0 Å². The van der Waals surface area contributed by atoms with E-state index in [1.54, 1.807) is 18.2 Å². The van der Waals surface area contributed by atoms with Crippen LogP contribution in [0.25, 0.3) is 6.08 Å². The number of imide groups is 1. The first kappa shape index (κ1) is 24.2. The van der Waals surface area contributed by atoms with Gasteiger partial charge in [-0.05, 0) is 67.3 Å². The Balaban J connectivity index is 1.79. The quantitative estimate of drug-likeness (QED) is 0.251. The first-order chi connectivity index (χ1) is 16.1. The molecule has 2 amide bonds. The van der Waals surface area contributed by atoms with Gasteiger partial charge in [-0.2, -0.15) is 0 Å². The summed E-state index contributed by atoms with van der Waals surface area (Å²) >= 11 is 0.959. The van der Waals surface area contributed by atoms with Crippen LogP contribution in [0.1, 0.15) is 30.0 Å². The molecule has 170 valence electrons. The molecule has 3 rings (SSSR count). The van der Waals surface area contributed by atoms with E-state index in [4.69, 9.17) is 15.9 Å². The molecule has 0 aromatic heterocycles. The SMILES string of the molecule is C#CCOc1c(CC=C)cc(/C=C2/SC(=O)N(CCCc3ccccc3)C2=O)cc1OCC. The molecule has 0 radical (unpaired) electrons. The molecule has 2 aromatic rings. The zero-order valence-electron chi connectivity index (χ0n) is 18.7. The first-order valence-electron chi connectivity index (χ1n) is 10.8. The Morgan fingerprint density at radius 1 is 1.18 bits per heavy atom. The van der Waals surface area contributed by atoms with Crippen LogP contribution in [0.15, 0.2) is 60.0 Å². The molecule has 5 nitrogen and oxygen atoms in total. The summed E-state index contributed by atoms with van der Waals surface area (Å²) in [7, 11) is 0. The van der Waals surface area contributed by atoms with Crippen LogP contribution in [-0.2, 0) is 17.6 Å². The Kier molecular flexibility index (Phi) is 8.79. The minimum absolute atomic E-state index is 0.117. The second-order valence-corrected chi connectivity index (χ2v) is 8.34. The number of carbonyl (C=O) groups is 2. The molecular formula is C27H27NO4S. The van der Waals surface area contributed by atoms with Crippen molar-refractivity contribution in [2.75, 3.05) is 19.8 Å². The van der Waals surface area contributed by atoms with E-state index in [-0.39, 0.29) is 17.8 Å². The van der Waals surface area contributed by atoms with Gasteiger partial charge in [-0.1, -0.05) is 42.3 Å². The van der Waals surface area contributed by atoms with Crippen LogP contribution in [0.2, 0.25) is 0 Å². The zero-order valence-corrected chi connectivity index (χ0v) is 19.5. The van der Waals surface area contributed by atoms with Crippen molar-refractivity contribution in [1.29, 1.82) is 0 Å². The fraction of sp³-hybridized carbons (Fsp3) is 0.259. The molecule has 1 saturated heterocycles. The average molecular weight is 462 g/mol. The van der Waals surface area contributed by atoms with Gasteiger partial charge in [-0.25, -0.2) is 0 Å². The van der Waals surface area contributed by atoms with Crippen molar-refractivity contribution in [2.45, 2.75) is 26.2 Å². The normalized spacial score (nSPS) is 14.4. The molecule has 1 fully saturated rings. The van der Waals surface area contributed by atoms with E-state index in [1.165, 1.54) is 10.5 Å². The molecule has 1 aliphatic heterocycles. The summed E-state index contributed by atoms with van der Waals surface area (Å²) in [6, 6.07) is 13.7. The monoisotopic (exact) mass is 461 g/mol.